The molecule has 3 aliphatic heterocycles. The van der Waals surface area contributed by atoms with Crippen LogP contribution in [0.2, 0.25) is 0 Å². The number of esters is 1. The predicted molar refractivity (Wildman–Crippen MR) is 142 cm³/mol. The Labute approximate surface area is 249 Å². The summed E-state index contributed by atoms with van der Waals surface area (Å²) in [7, 11) is 0. The fourth-order valence-corrected chi connectivity index (χ4v) is 4.95. The lowest BCUT2D eigenvalue weighted by Crippen LogP contribution is -2.63. The van der Waals surface area contributed by atoms with E-state index in [1.54, 1.807) is 0 Å². The molecule has 2 saturated heterocycles. The van der Waals surface area contributed by atoms with Crippen LogP contribution in [0.15, 0.2) is 36.1 Å². The average Bonchev–Trinajstić information content (AvgIpc) is 2.97. The lowest BCUT2D eigenvalue weighted by molar-refractivity contribution is -0.352. The Kier molecular flexibility index (Phi) is 9.05. The molecular formula is C28H32O16. The molecule has 0 amide bonds. The Morgan fingerprint density at radius 2 is 1.64 bits per heavy atom. The van der Waals surface area contributed by atoms with E-state index in [0.29, 0.717) is 0 Å². The van der Waals surface area contributed by atoms with Gasteiger partial charge in [-0.3, -0.25) is 4.79 Å². The first-order chi connectivity index (χ1) is 20.8. The van der Waals surface area contributed by atoms with E-state index in [2.05, 4.69) is 0 Å². The van der Waals surface area contributed by atoms with Crippen LogP contribution in [0.4, 0.5) is 0 Å². The zero-order chi connectivity index (χ0) is 31.9. The number of carbonyl (C=O) groups excluding carboxylic acids is 1. The first-order valence-electron chi connectivity index (χ1n) is 13.4. The van der Waals surface area contributed by atoms with Crippen molar-refractivity contribution in [3.8, 4) is 28.7 Å². The Balaban J connectivity index is 1.52. The molecular weight excluding hydrogens is 592 g/mol. The highest BCUT2D eigenvalue weighted by Gasteiger charge is 2.51. The molecule has 16 heteroatoms. The molecule has 3 heterocycles. The molecule has 0 radical (unpaired) electrons. The molecule has 0 spiro atoms. The fraction of sp³-hybridized carbons (Fsp3) is 0.464. The van der Waals surface area contributed by atoms with Crippen LogP contribution in [0, 0.1) is 0 Å². The van der Waals surface area contributed by atoms with Gasteiger partial charge in [-0.25, -0.2) is 0 Å². The lowest BCUT2D eigenvalue weighted by atomic mass is 9.97. The first kappa shape index (κ1) is 31.6. The van der Waals surface area contributed by atoms with Crippen molar-refractivity contribution in [1.29, 1.82) is 0 Å². The number of phenolic OH excluding ortho intramolecular Hbond substituents is 4. The summed E-state index contributed by atoms with van der Waals surface area (Å²) in [6.07, 6.45) is -14.7. The van der Waals surface area contributed by atoms with Gasteiger partial charge in [-0.1, -0.05) is 6.07 Å². The first-order valence-corrected chi connectivity index (χ1v) is 13.4. The summed E-state index contributed by atoms with van der Waals surface area (Å²) in [6, 6.07) is 6.00. The molecule has 2 aromatic rings. The Hall–Kier alpha value is -3.87. The molecule has 0 aromatic heterocycles. The van der Waals surface area contributed by atoms with Crippen molar-refractivity contribution in [3.63, 3.8) is 0 Å². The minimum Gasteiger partial charge on any atom is -0.508 e. The summed E-state index contributed by atoms with van der Waals surface area (Å²) in [5.41, 5.74) is 0.277. The SMILES string of the molecule is CC(=O)OC[C@H]1O[C@@H](OC2=Cc3c(O)cc(O)cc3OC2c2ccc(O)c(O)c2)[C@H](O[C@@H]2OC[C@@H](O)[C@H](O)[C@H]2O)[C@@H](O)[C@@H]1O. The lowest BCUT2D eigenvalue weighted by Gasteiger charge is -2.45. The number of rotatable bonds is 7. The van der Waals surface area contributed by atoms with Crippen LogP contribution in [-0.2, 0) is 28.5 Å². The number of hydrogen-bond acceptors (Lipinski definition) is 16. The number of aliphatic hydroxyl groups excluding tert-OH is 5. The Bertz CT molecular complexity index is 1400. The quantitative estimate of drug-likeness (QED) is 0.130. The van der Waals surface area contributed by atoms with Crippen LogP contribution in [0.25, 0.3) is 6.08 Å². The molecule has 0 saturated carbocycles. The number of ether oxygens (including phenoxy) is 6. The summed E-state index contributed by atoms with van der Waals surface area (Å²) in [4.78, 5) is 11.4. The topological polar surface area (TPSA) is 255 Å². The normalized spacial score (nSPS) is 33.5. The smallest absolute Gasteiger partial charge is 0.302 e. The van der Waals surface area contributed by atoms with Crippen molar-refractivity contribution in [2.45, 2.75) is 68.3 Å². The summed E-state index contributed by atoms with van der Waals surface area (Å²) >= 11 is 0. The van der Waals surface area contributed by atoms with Crippen molar-refractivity contribution in [1.82, 2.24) is 0 Å². The highest BCUT2D eigenvalue weighted by molar-refractivity contribution is 5.70. The van der Waals surface area contributed by atoms with Crippen molar-refractivity contribution < 1.29 is 79.2 Å². The summed E-state index contributed by atoms with van der Waals surface area (Å²) < 4.78 is 33.9. The van der Waals surface area contributed by atoms with E-state index in [4.69, 9.17) is 28.4 Å². The van der Waals surface area contributed by atoms with E-state index in [-0.39, 0.29) is 28.4 Å². The fourth-order valence-electron chi connectivity index (χ4n) is 4.95. The van der Waals surface area contributed by atoms with Crippen LogP contribution >= 0.6 is 0 Å². The number of benzene rings is 2. The van der Waals surface area contributed by atoms with Crippen LogP contribution in [-0.4, -0.2) is 120 Å². The maximum absolute atomic E-state index is 11.4. The predicted octanol–water partition coefficient (Wildman–Crippen LogP) is -1.17. The van der Waals surface area contributed by atoms with Gasteiger partial charge in [0.2, 0.25) is 6.29 Å². The van der Waals surface area contributed by atoms with E-state index in [9.17, 15) is 50.8 Å². The molecule has 2 aromatic carbocycles. The number of phenols is 4. The van der Waals surface area contributed by atoms with Crippen LogP contribution in [0.1, 0.15) is 24.2 Å². The molecule has 10 atom stereocenters. The van der Waals surface area contributed by atoms with Gasteiger partial charge in [0, 0.05) is 24.6 Å². The number of hydrogen-bond donors (Lipinski definition) is 9. The zero-order valence-corrected chi connectivity index (χ0v) is 23.0. The van der Waals surface area contributed by atoms with E-state index < -0.39 is 97.8 Å². The molecule has 9 N–H and O–H groups in total. The third-order valence-corrected chi connectivity index (χ3v) is 7.29. The summed E-state index contributed by atoms with van der Waals surface area (Å²) in [6.45, 7) is 0.169. The van der Waals surface area contributed by atoms with Gasteiger partial charge in [-0.05, 0) is 18.2 Å². The highest BCUT2D eigenvalue weighted by atomic mass is 16.8. The molecule has 3 aliphatic rings. The molecule has 1 unspecified atom stereocenters. The van der Waals surface area contributed by atoms with Crippen molar-refractivity contribution in [3.05, 3.63) is 47.2 Å². The van der Waals surface area contributed by atoms with Gasteiger partial charge in [-0.2, -0.15) is 0 Å². The number of carbonyl (C=O) groups is 1. The summed E-state index contributed by atoms with van der Waals surface area (Å²) in [5, 5.41) is 92.7. The maximum atomic E-state index is 11.4. The second kappa shape index (κ2) is 12.6. The minimum atomic E-state index is -1.83. The monoisotopic (exact) mass is 624 g/mol. The number of fused-ring (bicyclic) bond motifs is 1. The van der Waals surface area contributed by atoms with Crippen LogP contribution < -0.4 is 4.74 Å². The maximum Gasteiger partial charge on any atom is 0.302 e. The van der Waals surface area contributed by atoms with Gasteiger partial charge in [-0.15, -0.1) is 0 Å². The van der Waals surface area contributed by atoms with Gasteiger partial charge in [0.25, 0.3) is 0 Å². The molecule has 16 nitrogen and oxygen atoms in total. The van der Waals surface area contributed by atoms with E-state index in [1.807, 2.05) is 0 Å². The minimum absolute atomic E-state index is 0.0132. The number of aromatic hydroxyl groups is 4. The summed E-state index contributed by atoms with van der Waals surface area (Å²) in [5.74, 6) is -2.48. The molecule has 44 heavy (non-hydrogen) atoms. The van der Waals surface area contributed by atoms with Gasteiger partial charge in [0.15, 0.2) is 30.0 Å². The van der Waals surface area contributed by atoms with Crippen molar-refractivity contribution in [2.24, 2.45) is 0 Å². The average molecular weight is 625 g/mol. The zero-order valence-electron chi connectivity index (χ0n) is 23.0. The Morgan fingerprint density at radius 1 is 0.886 bits per heavy atom. The van der Waals surface area contributed by atoms with Gasteiger partial charge in [0.1, 0.15) is 66.2 Å². The second-order valence-electron chi connectivity index (χ2n) is 10.5. The molecule has 5 rings (SSSR count). The standard InChI is InChI=1S/C28H32O16/c1-10(29)39-9-20-22(36)23(37)26(44-27-24(38)21(35)17(34)8-40-27)28(43-20)42-19-7-13-15(32)5-12(30)6-18(13)41-25(19)11-2-3-14(31)16(33)4-11/h2-7,17,20-28,30-38H,8-9H2,1H3/t17-,20-,21+,22-,23+,24-,25?,26-,27+,28-/m1/s1. The largest absolute Gasteiger partial charge is 0.508 e. The van der Waals surface area contributed by atoms with Crippen molar-refractivity contribution >= 4 is 12.0 Å². The van der Waals surface area contributed by atoms with Crippen LogP contribution in [0.5, 0.6) is 28.7 Å². The van der Waals surface area contributed by atoms with Crippen LogP contribution in [0.3, 0.4) is 0 Å². The van der Waals surface area contributed by atoms with E-state index in [0.717, 1.165) is 13.0 Å². The van der Waals surface area contributed by atoms with Gasteiger partial charge >= 0.3 is 5.97 Å². The third kappa shape index (κ3) is 6.33. The second-order valence-corrected chi connectivity index (χ2v) is 10.5. The third-order valence-electron chi connectivity index (χ3n) is 7.29. The van der Waals surface area contributed by atoms with Gasteiger partial charge in [0.05, 0.1) is 12.2 Å². The number of aliphatic hydroxyl groups is 5. The molecule has 240 valence electrons. The van der Waals surface area contributed by atoms with Crippen molar-refractivity contribution in [2.75, 3.05) is 13.2 Å². The highest BCUT2D eigenvalue weighted by Crippen LogP contribution is 2.45. The van der Waals surface area contributed by atoms with E-state index >= 15 is 0 Å². The van der Waals surface area contributed by atoms with Gasteiger partial charge < -0.3 is 74.4 Å². The van der Waals surface area contributed by atoms with E-state index in [1.165, 1.54) is 30.3 Å². The molecule has 0 bridgehead atoms. The molecule has 2 fully saturated rings. The Morgan fingerprint density at radius 3 is 2.34 bits per heavy atom. The molecule has 0 aliphatic carbocycles.